The van der Waals surface area contributed by atoms with Crippen LogP contribution in [0.1, 0.15) is 33.0 Å². The number of carbonyl (C=O) groups excluding carboxylic acids is 2. The van der Waals surface area contributed by atoms with Crippen LogP contribution in [0.3, 0.4) is 0 Å². The third-order valence-corrected chi connectivity index (χ3v) is 5.25. The number of nitrogens with one attached hydrogen (secondary N) is 2. The smallest absolute Gasteiger partial charge is 0.237 e. The number of hydrogen-bond donors (Lipinski definition) is 2. The van der Waals surface area contributed by atoms with E-state index >= 15 is 0 Å². The Hall–Kier alpha value is -2.48. The number of fused-ring (bicyclic) bond motifs is 1. The molecule has 28 heavy (non-hydrogen) atoms. The Morgan fingerprint density at radius 1 is 1.43 bits per heavy atom. The number of piperazine rings is 1. The molecule has 0 saturated carbocycles. The molecule has 0 spiro atoms. The van der Waals surface area contributed by atoms with E-state index in [0.717, 1.165) is 6.54 Å². The van der Waals surface area contributed by atoms with Gasteiger partial charge >= 0.3 is 0 Å². The molecule has 2 heterocycles. The molecule has 8 heteroatoms. The maximum absolute atomic E-state index is 13.3. The molecule has 152 valence electrons. The third kappa shape index (κ3) is 4.49. The van der Waals surface area contributed by atoms with Crippen LogP contribution in [0.25, 0.3) is 11.0 Å². The van der Waals surface area contributed by atoms with Gasteiger partial charge in [-0.2, -0.15) is 0 Å². The van der Waals surface area contributed by atoms with Gasteiger partial charge in [0.2, 0.25) is 11.8 Å². The van der Waals surface area contributed by atoms with Crippen LogP contribution in [0.5, 0.6) is 0 Å². The van der Waals surface area contributed by atoms with Gasteiger partial charge in [0, 0.05) is 38.6 Å². The average Bonchev–Trinajstić information content (AvgIpc) is 3.05. The Bertz CT molecular complexity index is 850. The molecule has 0 aliphatic carbocycles. The first-order chi connectivity index (χ1) is 13.4. The number of halogens is 1. The summed E-state index contributed by atoms with van der Waals surface area (Å²) in [6.45, 7) is 8.43. The Morgan fingerprint density at radius 2 is 2.21 bits per heavy atom. The van der Waals surface area contributed by atoms with Crippen LogP contribution in [0.4, 0.5) is 4.39 Å². The van der Waals surface area contributed by atoms with Crippen LogP contribution in [0.15, 0.2) is 18.2 Å². The van der Waals surface area contributed by atoms with E-state index in [0.29, 0.717) is 42.9 Å². The molecule has 1 aromatic carbocycles. The molecule has 0 radical (unpaired) electrons. The van der Waals surface area contributed by atoms with Crippen molar-refractivity contribution < 1.29 is 14.0 Å². The van der Waals surface area contributed by atoms with Crippen molar-refractivity contribution in [1.29, 1.82) is 0 Å². The largest absolute Gasteiger partial charge is 0.353 e. The van der Waals surface area contributed by atoms with Gasteiger partial charge in [0.05, 0.1) is 23.5 Å². The molecule has 0 unspecified atom stereocenters. The van der Waals surface area contributed by atoms with Crippen molar-refractivity contribution in [3.05, 3.63) is 29.8 Å². The number of likely N-dealkylation sites (N-methyl/N-ethyl adjacent to an activating group) is 1. The summed E-state index contributed by atoms with van der Waals surface area (Å²) in [6.07, 6.45) is 0.712. The quantitative estimate of drug-likeness (QED) is 0.755. The van der Waals surface area contributed by atoms with E-state index in [1.54, 1.807) is 11.0 Å². The van der Waals surface area contributed by atoms with Crippen molar-refractivity contribution in [2.75, 3.05) is 26.2 Å². The molecule has 1 atom stereocenters. The summed E-state index contributed by atoms with van der Waals surface area (Å²) in [5.41, 5.74) is 1.35. The van der Waals surface area contributed by atoms with Gasteiger partial charge < -0.3 is 15.2 Å². The highest BCUT2D eigenvalue weighted by atomic mass is 19.1. The van der Waals surface area contributed by atoms with E-state index in [-0.39, 0.29) is 30.1 Å². The lowest BCUT2D eigenvalue weighted by atomic mass is 10.1. The van der Waals surface area contributed by atoms with Gasteiger partial charge in [0.1, 0.15) is 11.6 Å². The van der Waals surface area contributed by atoms with E-state index in [4.69, 9.17) is 0 Å². The topological polar surface area (TPSA) is 81.3 Å². The van der Waals surface area contributed by atoms with Crippen molar-refractivity contribution in [2.24, 2.45) is 0 Å². The number of rotatable bonds is 7. The van der Waals surface area contributed by atoms with E-state index in [2.05, 4.69) is 20.2 Å². The van der Waals surface area contributed by atoms with Crippen molar-refractivity contribution in [3.8, 4) is 0 Å². The molecular formula is C20H28FN5O2. The van der Waals surface area contributed by atoms with Gasteiger partial charge in [-0.3, -0.25) is 14.5 Å². The fraction of sp³-hybridized carbons (Fsp3) is 0.550. The summed E-state index contributed by atoms with van der Waals surface area (Å²) in [6, 6.07) is 4.20. The maximum atomic E-state index is 13.3. The van der Waals surface area contributed by atoms with E-state index in [1.165, 1.54) is 12.1 Å². The third-order valence-electron chi connectivity index (χ3n) is 5.25. The molecular weight excluding hydrogens is 361 g/mol. The van der Waals surface area contributed by atoms with Crippen molar-refractivity contribution >= 4 is 22.8 Å². The molecule has 1 aromatic heterocycles. The minimum absolute atomic E-state index is 0.0441. The lowest BCUT2D eigenvalue weighted by molar-refractivity contribution is -0.139. The van der Waals surface area contributed by atoms with Crippen molar-refractivity contribution in [3.63, 3.8) is 0 Å². The second-order valence-electron chi connectivity index (χ2n) is 7.41. The first-order valence-electron chi connectivity index (χ1n) is 9.84. The Balaban J connectivity index is 1.63. The van der Waals surface area contributed by atoms with Crippen molar-refractivity contribution in [1.82, 2.24) is 25.1 Å². The zero-order valence-electron chi connectivity index (χ0n) is 16.7. The number of imidazole rings is 1. The number of aromatic nitrogens is 2. The molecule has 2 N–H and O–H groups in total. The highest BCUT2D eigenvalue weighted by Gasteiger charge is 2.33. The molecule has 1 aliphatic heterocycles. The second-order valence-corrected chi connectivity index (χ2v) is 7.41. The summed E-state index contributed by atoms with van der Waals surface area (Å²) in [7, 11) is 0. The summed E-state index contributed by atoms with van der Waals surface area (Å²) >= 11 is 0. The Labute approximate surface area is 164 Å². The number of H-pyrrole nitrogens is 1. The molecule has 7 nitrogen and oxygen atoms in total. The zero-order valence-corrected chi connectivity index (χ0v) is 16.7. The first kappa shape index (κ1) is 20.3. The number of amides is 2. The van der Waals surface area contributed by atoms with E-state index in [1.807, 2.05) is 20.8 Å². The van der Waals surface area contributed by atoms with Crippen LogP contribution in [0, 0.1) is 5.82 Å². The number of benzene rings is 1. The normalized spacial score (nSPS) is 17.9. The minimum Gasteiger partial charge on any atom is -0.353 e. The van der Waals surface area contributed by atoms with Gasteiger partial charge in [0.25, 0.3) is 0 Å². The average molecular weight is 389 g/mol. The first-order valence-corrected chi connectivity index (χ1v) is 9.84. The van der Waals surface area contributed by atoms with E-state index < -0.39 is 6.04 Å². The molecule has 1 aliphatic rings. The van der Waals surface area contributed by atoms with Crippen LogP contribution < -0.4 is 5.32 Å². The Morgan fingerprint density at radius 3 is 2.93 bits per heavy atom. The zero-order chi connectivity index (χ0) is 20.3. The second kappa shape index (κ2) is 8.68. The summed E-state index contributed by atoms with van der Waals surface area (Å²) in [5.74, 6) is 0.278. The molecule has 1 saturated heterocycles. The number of aromatic amines is 1. The molecule has 2 aromatic rings. The minimum atomic E-state index is -0.426. The predicted molar refractivity (Wildman–Crippen MR) is 105 cm³/mol. The molecule has 1 fully saturated rings. The number of nitrogens with zero attached hydrogens (tertiary/aromatic N) is 3. The van der Waals surface area contributed by atoms with Gasteiger partial charge in [-0.05, 0) is 39.0 Å². The predicted octanol–water partition coefficient (Wildman–Crippen LogP) is 1.69. The van der Waals surface area contributed by atoms with Crippen LogP contribution in [0.2, 0.25) is 0 Å². The Kier molecular flexibility index (Phi) is 6.28. The lowest BCUT2D eigenvalue weighted by Gasteiger charge is -2.38. The van der Waals surface area contributed by atoms with Gasteiger partial charge in [-0.1, -0.05) is 0 Å². The standard InChI is InChI=1S/C20H28FN5O2/c1-4-25(9-7-18-23-15-6-5-14(21)11-16(15)24-18)19(27)12-17-20(28)22-8-10-26(17)13(2)3/h5-6,11,13,17H,4,7-10,12H2,1-3H3,(H,22,28)(H,23,24)/t17-/m1/s1. The lowest BCUT2D eigenvalue weighted by Crippen LogP contribution is -2.58. The number of hydrogen-bond acceptors (Lipinski definition) is 4. The van der Waals surface area contributed by atoms with Gasteiger partial charge in [-0.15, -0.1) is 0 Å². The van der Waals surface area contributed by atoms with Crippen LogP contribution in [-0.2, 0) is 16.0 Å². The number of carbonyl (C=O) groups is 2. The monoisotopic (exact) mass is 389 g/mol. The SMILES string of the molecule is CCN(CCc1nc2ccc(F)cc2[nH]1)C(=O)C[C@@H]1C(=O)NCCN1C(C)C. The van der Waals surface area contributed by atoms with Gasteiger partial charge in [0.15, 0.2) is 0 Å². The fourth-order valence-corrected chi connectivity index (χ4v) is 3.71. The highest BCUT2D eigenvalue weighted by Crippen LogP contribution is 2.16. The summed E-state index contributed by atoms with van der Waals surface area (Å²) in [5, 5.41) is 2.86. The molecule has 2 amide bonds. The van der Waals surface area contributed by atoms with Crippen molar-refractivity contribution in [2.45, 2.75) is 45.7 Å². The molecule has 0 bridgehead atoms. The highest BCUT2D eigenvalue weighted by molar-refractivity contribution is 5.89. The molecule has 3 rings (SSSR count). The van der Waals surface area contributed by atoms with Crippen LogP contribution in [-0.4, -0.2) is 69.8 Å². The summed E-state index contributed by atoms with van der Waals surface area (Å²) in [4.78, 5) is 36.5. The maximum Gasteiger partial charge on any atom is 0.237 e. The summed E-state index contributed by atoms with van der Waals surface area (Å²) < 4.78 is 13.3. The fourth-order valence-electron chi connectivity index (χ4n) is 3.71. The van der Waals surface area contributed by atoms with Gasteiger partial charge in [-0.25, -0.2) is 9.37 Å². The van der Waals surface area contributed by atoms with E-state index in [9.17, 15) is 14.0 Å². The van der Waals surface area contributed by atoms with Crippen LogP contribution >= 0.6 is 0 Å².